The standard InChI is InChI=1S/C21H22F4N2O2/c1-19(2,16-10-15(22)8-9-18(16)29-3)12-20(28,21(23,24)25)13-27-17-7-5-4-6-14(17)11-26-27/h4-11,28H,12-13H2,1-3H3. The van der Waals surface area contributed by atoms with Crippen LogP contribution >= 0.6 is 0 Å². The van der Waals surface area contributed by atoms with E-state index in [0.29, 0.717) is 10.9 Å². The van der Waals surface area contributed by atoms with Gasteiger partial charge < -0.3 is 9.84 Å². The first-order valence-electron chi connectivity index (χ1n) is 9.00. The number of ether oxygens (including phenoxy) is 1. The number of alkyl halides is 3. The lowest BCUT2D eigenvalue weighted by atomic mass is 9.74. The molecule has 0 aliphatic rings. The summed E-state index contributed by atoms with van der Waals surface area (Å²) in [5.41, 5.74) is -3.62. The number of rotatable bonds is 6. The van der Waals surface area contributed by atoms with E-state index in [1.165, 1.54) is 39.3 Å². The minimum Gasteiger partial charge on any atom is -0.496 e. The third-order valence-corrected chi connectivity index (χ3v) is 5.12. The molecule has 3 aromatic rings. The third kappa shape index (κ3) is 4.07. The van der Waals surface area contributed by atoms with Gasteiger partial charge in [0.1, 0.15) is 11.6 Å². The summed E-state index contributed by atoms with van der Waals surface area (Å²) in [7, 11) is 1.36. The summed E-state index contributed by atoms with van der Waals surface area (Å²) in [6.07, 6.45) is -4.19. The average Bonchev–Trinajstić information content (AvgIpc) is 3.03. The molecule has 4 nitrogen and oxygen atoms in total. The molecule has 0 aliphatic carbocycles. The minimum absolute atomic E-state index is 0.244. The Bertz CT molecular complexity index is 1010. The Balaban J connectivity index is 2.02. The van der Waals surface area contributed by atoms with E-state index in [1.807, 2.05) is 0 Å². The van der Waals surface area contributed by atoms with Gasteiger partial charge in [0.15, 0.2) is 5.60 Å². The van der Waals surface area contributed by atoms with Gasteiger partial charge >= 0.3 is 6.18 Å². The smallest absolute Gasteiger partial charge is 0.419 e. The number of benzene rings is 2. The van der Waals surface area contributed by atoms with Crippen molar-refractivity contribution in [2.75, 3.05) is 7.11 Å². The molecule has 0 saturated carbocycles. The van der Waals surface area contributed by atoms with Crippen molar-refractivity contribution in [1.29, 1.82) is 0 Å². The van der Waals surface area contributed by atoms with E-state index in [0.717, 1.165) is 10.7 Å². The van der Waals surface area contributed by atoms with Crippen molar-refractivity contribution in [3.05, 3.63) is 60.0 Å². The summed E-state index contributed by atoms with van der Waals surface area (Å²) < 4.78 is 62.2. The van der Waals surface area contributed by atoms with E-state index in [-0.39, 0.29) is 11.3 Å². The Morgan fingerprint density at radius 1 is 1.10 bits per heavy atom. The fraction of sp³-hybridized carbons (Fsp3) is 0.381. The number of aromatic nitrogens is 2. The lowest BCUT2D eigenvalue weighted by Crippen LogP contribution is -2.52. The number of methoxy groups -OCH3 is 1. The van der Waals surface area contributed by atoms with Crippen molar-refractivity contribution in [2.45, 2.75) is 44.0 Å². The second-order valence-electron chi connectivity index (χ2n) is 7.80. The van der Waals surface area contributed by atoms with Gasteiger partial charge in [-0.25, -0.2) is 4.39 Å². The van der Waals surface area contributed by atoms with Gasteiger partial charge in [-0.15, -0.1) is 0 Å². The van der Waals surface area contributed by atoms with Gasteiger partial charge in [-0.2, -0.15) is 18.3 Å². The van der Waals surface area contributed by atoms with Crippen LogP contribution in [0.25, 0.3) is 10.9 Å². The molecular formula is C21H22F4N2O2. The minimum atomic E-state index is -4.93. The van der Waals surface area contributed by atoms with E-state index in [9.17, 15) is 22.7 Å². The van der Waals surface area contributed by atoms with E-state index in [4.69, 9.17) is 4.74 Å². The number of hydrogen-bond donors (Lipinski definition) is 1. The van der Waals surface area contributed by atoms with Crippen LogP contribution in [0, 0.1) is 5.82 Å². The summed E-state index contributed by atoms with van der Waals surface area (Å²) in [5, 5.41) is 15.5. The first-order valence-corrected chi connectivity index (χ1v) is 9.00. The summed E-state index contributed by atoms with van der Waals surface area (Å²) in [6, 6.07) is 10.5. The summed E-state index contributed by atoms with van der Waals surface area (Å²) in [6.45, 7) is 2.25. The number of hydrogen-bond acceptors (Lipinski definition) is 3. The van der Waals surface area contributed by atoms with E-state index in [2.05, 4.69) is 5.10 Å². The predicted octanol–water partition coefficient (Wildman–Crippen LogP) is 4.85. The molecule has 0 radical (unpaired) electrons. The zero-order valence-corrected chi connectivity index (χ0v) is 16.3. The van der Waals surface area contributed by atoms with Crippen LogP contribution < -0.4 is 4.74 Å². The normalized spacial score (nSPS) is 14.8. The fourth-order valence-electron chi connectivity index (χ4n) is 3.68. The Morgan fingerprint density at radius 3 is 2.45 bits per heavy atom. The van der Waals surface area contributed by atoms with Crippen molar-refractivity contribution < 1.29 is 27.4 Å². The molecule has 0 amide bonds. The number of nitrogens with zero attached hydrogens (tertiary/aromatic N) is 2. The molecule has 3 rings (SSSR count). The molecule has 0 saturated heterocycles. The number of halogens is 4. The largest absolute Gasteiger partial charge is 0.496 e. The highest BCUT2D eigenvalue weighted by Gasteiger charge is 2.56. The molecular weight excluding hydrogens is 388 g/mol. The summed E-state index contributed by atoms with van der Waals surface area (Å²) in [5.74, 6) is -0.340. The molecule has 0 aliphatic heterocycles. The van der Waals surface area contributed by atoms with Crippen molar-refractivity contribution >= 4 is 10.9 Å². The maximum absolute atomic E-state index is 14.0. The third-order valence-electron chi connectivity index (χ3n) is 5.12. The van der Waals surface area contributed by atoms with Crippen LogP contribution in [0.3, 0.4) is 0 Å². The first kappa shape index (κ1) is 21.1. The molecule has 2 aromatic carbocycles. The Labute approximate surface area is 165 Å². The zero-order valence-electron chi connectivity index (χ0n) is 16.3. The molecule has 8 heteroatoms. The molecule has 156 valence electrons. The second-order valence-corrected chi connectivity index (χ2v) is 7.80. The number of fused-ring (bicyclic) bond motifs is 1. The lowest BCUT2D eigenvalue weighted by Gasteiger charge is -2.38. The van der Waals surface area contributed by atoms with Crippen molar-refractivity contribution in [1.82, 2.24) is 9.78 Å². The van der Waals surface area contributed by atoms with Crippen molar-refractivity contribution in [2.24, 2.45) is 0 Å². The number of para-hydroxylation sites is 1. The van der Waals surface area contributed by atoms with Gasteiger partial charge in [-0.1, -0.05) is 32.0 Å². The average molecular weight is 410 g/mol. The predicted molar refractivity (Wildman–Crippen MR) is 101 cm³/mol. The van der Waals surface area contributed by atoms with Gasteiger partial charge in [-0.3, -0.25) is 4.68 Å². The topological polar surface area (TPSA) is 47.3 Å². The van der Waals surface area contributed by atoms with Crippen LogP contribution in [0.4, 0.5) is 17.6 Å². The molecule has 1 atom stereocenters. The lowest BCUT2D eigenvalue weighted by molar-refractivity contribution is -0.272. The van der Waals surface area contributed by atoms with Crippen molar-refractivity contribution in [3.63, 3.8) is 0 Å². The van der Waals surface area contributed by atoms with Crippen LogP contribution in [0.2, 0.25) is 0 Å². The van der Waals surface area contributed by atoms with Gasteiger partial charge in [0.25, 0.3) is 0 Å². The monoisotopic (exact) mass is 410 g/mol. The maximum Gasteiger partial charge on any atom is 0.419 e. The first-order chi connectivity index (χ1) is 13.5. The quantitative estimate of drug-likeness (QED) is 0.592. The molecule has 0 bridgehead atoms. The number of aliphatic hydroxyl groups is 1. The highest BCUT2D eigenvalue weighted by Crippen LogP contribution is 2.44. The molecule has 1 N–H and O–H groups in total. The van der Waals surface area contributed by atoms with Crippen LogP contribution in [-0.2, 0) is 12.0 Å². The maximum atomic E-state index is 14.0. The molecule has 1 heterocycles. The summed E-state index contributed by atoms with van der Waals surface area (Å²) >= 11 is 0. The molecule has 29 heavy (non-hydrogen) atoms. The van der Waals surface area contributed by atoms with Crippen LogP contribution in [0.5, 0.6) is 5.75 Å². The SMILES string of the molecule is COc1ccc(F)cc1C(C)(C)CC(O)(Cn1ncc2ccccc21)C(F)(F)F. The molecule has 0 spiro atoms. The van der Waals surface area contributed by atoms with Crippen LogP contribution in [0.15, 0.2) is 48.7 Å². The van der Waals surface area contributed by atoms with Crippen LogP contribution in [0.1, 0.15) is 25.8 Å². The van der Waals surface area contributed by atoms with Gasteiger partial charge in [0, 0.05) is 10.9 Å². The molecule has 1 aromatic heterocycles. The second kappa shape index (κ2) is 7.33. The highest BCUT2D eigenvalue weighted by atomic mass is 19.4. The summed E-state index contributed by atoms with van der Waals surface area (Å²) in [4.78, 5) is 0. The molecule has 1 unspecified atom stereocenters. The Hall–Kier alpha value is -2.61. The fourth-order valence-corrected chi connectivity index (χ4v) is 3.68. The van der Waals surface area contributed by atoms with E-state index < -0.39 is 36.0 Å². The van der Waals surface area contributed by atoms with Crippen LogP contribution in [-0.4, -0.2) is 33.8 Å². The van der Waals surface area contributed by atoms with Crippen molar-refractivity contribution in [3.8, 4) is 5.75 Å². The van der Waals surface area contributed by atoms with Gasteiger partial charge in [0.2, 0.25) is 0 Å². The highest BCUT2D eigenvalue weighted by molar-refractivity contribution is 5.78. The van der Waals surface area contributed by atoms with E-state index >= 15 is 0 Å². The molecule has 0 fully saturated rings. The zero-order chi connectivity index (χ0) is 21.4. The van der Waals surface area contributed by atoms with Gasteiger partial charge in [-0.05, 0) is 36.1 Å². The van der Waals surface area contributed by atoms with Gasteiger partial charge in [0.05, 0.1) is 25.4 Å². The Kier molecular flexibility index (Phi) is 5.34. The Morgan fingerprint density at radius 2 is 1.79 bits per heavy atom. The van der Waals surface area contributed by atoms with E-state index in [1.54, 1.807) is 24.3 Å².